The summed E-state index contributed by atoms with van der Waals surface area (Å²) in [6.45, 7) is 2.48. The SMILES string of the molecule is CCCN(CC(=O)Nc1nc(-c2ccccc2)cs1)C(=O)c1ccc2ccccc2c1. The third-order valence-electron chi connectivity index (χ3n) is 4.93. The molecule has 3 aromatic carbocycles. The molecule has 2 amide bonds. The minimum atomic E-state index is -0.253. The second kappa shape index (κ2) is 9.53. The van der Waals surface area contributed by atoms with Crippen molar-refractivity contribution >= 4 is 39.1 Å². The molecule has 1 heterocycles. The molecule has 0 aliphatic carbocycles. The summed E-state index contributed by atoms with van der Waals surface area (Å²) in [5.41, 5.74) is 2.40. The van der Waals surface area contributed by atoms with Crippen molar-refractivity contribution in [1.29, 1.82) is 0 Å². The molecule has 6 heteroatoms. The van der Waals surface area contributed by atoms with Crippen molar-refractivity contribution in [2.45, 2.75) is 13.3 Å². The number of benzene rings is 3. The summed E-state index contributed by atoms with van der Waals surface area (Å²) in [6.07, 6.45) is 0.766. The van der Waals surface area contributed by atoms with E-state index in [4.69, 9.17) is 0 Å². The molecule has 1 aromatic heterocycles. The lowest BCUT2D eigenvalue weighted by Gasteiger charge is -2.21. The van der Waals surface area contributed by atoms with Gasteiger partial charge < -0.3 is 10.2 Å². The molecule has 0 radical (unpaired) electrons. The largest absolute Gasteiger partial charge is 0.329 e. The zero-order chi connectivity index (χ0) is 21.6. The van der Waals surface area contributed by atoms with Crippen molar-refractivity contribution in [1.82, 2.24) is 9.88 Å². The Morgan fingerprint density at radius 3 is 2.48 bits per heavy atom. The van der Waals surface area contributed by atoms with E-state index in [1.54, 1.807) is 4.90 Å². The molecule has 0 spiro atoms. The van der Waals surface area contributed by atoms with Crippen molar-refractivity contribution in [2.24, 2.45) is 0 Å². The second-order valence-corrected chi connectivity index (χ2v) is 8.10. The van der Waals surface area contributed by atoms with E-state index in [0.29, 0.717) is 17.2 Å². The normalized spacial score (nSPS) is 10.7. The molecule has 0 saturated carbocycles. The molecule has 4 aromatic rings. The fourth-order valence-electron chi connectivity index (χ4n) is 3.43. The molecule has 31 heavy (non-hydrogen) atoms. The van der Waals surface area contributed by atoms with Crippen LogP contribution in [-0.2, 0) is 4.79 Å². The zero-order valence-corrected chi connectivity index (χ0v) is 18.1. The van der Waals surface area contributed by atoms with Crippen LogP contribution in [0.1, 0.15) is 23.7 Å². The van der Waals surface area contributed by atoms with E-state index in [2.05, 4.69) is 10.3 Å². The third kappa shape index (κ3) is 4.98. The standard InChI is InChI=1S/C25H23N3O2S/c1-2-14-28(24(30)21-13-12-18-8-6-7-11-20(18)15-21)16-23(29)27-25-26-22(17-31-25)19-9-4-3-5-10-19/h3-13,15,17H,2,14,16H2,1H3,(H,26,27,29). The third-order valence-corrected chi connectivity index (χ3v) is 5.69. The van der Waals surface area contributed by atoms with Crippen LogP contribution in [-0.4, -0.2) is 34.8 Å². The van der Waals surface area contributed by atoms with E-state index in [1.165, 1.54) is 11.3 Å². The van der Waals surface area contributed by atoms with Crippen LogP contribution in [0, 0.1) is 0 Å². The Bertz CT molecular complexity index is 1200. The van der Waals surface area contributed by atoms with E-state index in [9.17, 15) is 9.59 Å². The average molecular weight is 430 g/mol. The van der Waals surface area contributed by atoms with Gasteiger partial charge in [0.15, 0.2) is 5.13 Å². The zero-order valence-electron chi connectivity index (χ0n) is 17.2. The van der Waals surface area contributed by atoms with Crippen molar-refractivity contribution in [3.8, 4) is 11.3 Å². The van der Waals surface area contributed by atoms with Crippen molar-refractivity contribution in [3.05, 3.63) is 83.7 Å². The Labute approximate surface area is 185 Å². The predicted octanol–water partition coefficient (Wildman–Crippen LogP) is 5.45. The fraction of sp³-hybridized carbons (Fsp3) is 0.160. The number of aromatic nitrogens is 1. The number of anilines is 1. The van der Waals surface area contributed by atoms with Gasteiger partial charge in [-0.05, 0) is 29.3 Å². The summed E-state index contributed by atoms with van der Waals surface area (Å²) in [4.78, 5) is 31.8. The van der Waals surface area contributed by atoms with Crippen molar-refractivity contribution in [2.75, 3.05) is 18.4 Å². The number of fused-ring (bicyclic) bond motifs is 1. The van der Waals surface area contributed by atoms with Gasteiger partial charge in [-0.15, -0.1) is 11.3 Å². The highest BCUT2D eigenvalue weighted by Crippen LogP contribution is 2.24. The molecule has 0 fully saturated rings. The number of thiazole rings is 1. The van der Waals surface area contributed by atoms with Gasteiger partial charge >= 0.3 is 0 Å². The Balaban J connectivity index is 1.45. The van der Waals surface area contributed by atoms with Crippen LogP contribution < -0.4 is 5.32 Å². The van der Waals surface area contributed by atoms with E-state index >= 15 is 0 Å². The van der Waals surface area contributed by atoms with Crippen LogP contribution in [0.4, 0.5) is 5.13 Å². The lowest BCUT2D eigenvalue weighted by atomic mass is 10.1. The van der Waals surface area contributed by atoms with Gasteiger partial charge in [-0.3, -0.25) is 9.59 Å². The van der Waals surface area contributed by atoms with Gasteiger partial charge in [-0.25, -0.2) is 4.98 Å². The summed E-state index contributed by atoms with van der Waals surface area (Å²) in [5, 5.41) is 7.36. The minimum absolute atomic E-state index is 0.0141. The number of nitrogens with zero attached hydrogens (tertiary/aromatic N) is 2. The summed E-state index contributed by atoms with van der Waals surface area (Å²) in [6, 6.07) is 23.4. The lowest BCUT2D eigenvalue weighted by molar-refractivity contribution is -0.116. The molecule has 0 aliphatic heterocycles. The number of nitrogens with one attached hydrogen (secondary N) is 1. The molecule has 0 atom stereocenters. The van der Waals surface area contributed by atoms with Crippen molar-refractivity contribution in [3.63, 3.8) is 0 Å². The molecule has 156 valence electrons. The Kier molecular flexibility index (Phi) is 6.38. The van der Waals surface area contributed by atoms with Crippen LogP contribution >= 0.6 is 11.3 Å². The predicted molar refractivity (Wildman–Crippen MR) is 126 cm³/mol. The molecule has 5 nitrogen and oxygen atoms in total. The number of amides is 2. The van der Waals surface area contributed by atoms with E-state index < -0.39 is 0 Å². The van der Waals surface area contributed by atoms with Gasteiger partial charge in [0.1, 0.15) is 6.54 Å². The first kappa shape index (κ1) is 20.8. The first-order chi connectivity index (χ1) is 15.1. The van der Waals surface area contributed by atoms with Gasteiger partial charge in [-0.1, -0.05) is 67.6 Å². The average Bonchev–Trinajstić information content (AvgIpc) is 3.27. The van der Waals surface area contributed by atoms with Crippen LogP contribution in [0.15, 0.2) is 78.2 Å². The van der Waals surface area contributed by atoms with Crippen LogP contribution in [0.2, 0.25) is 0 Å². The molecule has 0 bridgehead atoms. The van der Waals surface area contributed by atoms with Gasteiger partial charge in [0.05, 0.1) is 5.69 Å². The summed E-state index contributed by atoms with van der Waals surface area (Å²) < 4.78 is 0. The molecule has 0 unspecified atom stereocenters. The van der Waals surface area contributed by atoms with E-state index in [0.717, 1.165) is 28.5 Å². The van der Waals surface area contributed by atoms with E-state index in [-0.39, 0.29) is 18.4 Å². The number of hydrogen-bond donors (Lipinski definition) is 1. The Morgan fingerprint density at radius 2 is 1.71 bits per heavy atom. The molecule has 1 N–H and O–H groups in total. The number of carbonyl (C=O) groups excluding carboxylic acids is 2. The number of hydrogen-bond acceptors (Lipinski definition) is 4. The molecular weight excluding hydrogens is 406 g/mol. The highest BCUT2D eigenvalue weighted by molar-refractivity contribution is 7.14. The Hall–Kier alpha value is -3.51. The molecule has 0 aliphatic rings. The maximum Gasteiger partial charge on any atom is 0.254 e. The van der Waals surface area contributed by atoms with Gasteiger partial charge in [0, 0.05) is 23.1 Å². The van der Waals surface area contributed by atoms with Crippen molar-refractivity contribution < 1.29 is 9.59 Å². The first-order valence-corrected chi connectivity index (χ1v) is 11.1. The molecular formula is C25H23N3O2S. The monoisotopic (exact) mass is 429 g/mol. The maximum absolute atomic E-state index is 13.1. The van der Waals surface area contributed by atoms with Crippen LogP contribution in [0.25, 0.3) is 22.0 Å². The van der Waals surface area contributed by atoms with Gasteiger partial charge in [0.2, 0.25) is 5.91 Å². The quantitative estimate of drug-likeness (QED) is 0.425. The highest BCUT2D eigenvalue weighted by Gasteiger charge is 2.19. The number of carbonyl (C=O) groups is 2. The summed E-state index contributed by atoms with van der Waals surface area (Å²) in [7, 11) is 0. The molecule has 0 saturated heterocycles. The maximum atomic E-state index is 13.1. The first-order valence-electron chi connectivity index (χ1n) is 10.2. The van der Waals surface area contributed by atoms with Crippen LogP contribution in [0.5, 0.6) is 0 Å². The lowest BCUT2D eigenvalue weighted by Crippen LogP contribution is -2.38. The van der Waals surface area contributed by atoms with Gasteiger partial charge in [-0.2, -0.15) is 0 Å². The molecule has 4 rings (SSSR count). The number of rotatable bonds is 7. The topological polar surface area (TPSA) is 62.3 Å². The highest BCUT2D eigenvalue weighted by atomic mass is 32.1. The smallest absolute Gasteiger partial charge is 0.254 e. The fourth-order valence-corrected chi connectivity index (χ4v) is 4.17. The summed E-state index contributed by atoms with van der Waals surface area (Å²) >= 11 is 1.37. The van der Waals surface area contributed by atoms with Gasteiger partial charge in [0.25, 0.3) is 5.91 Å². The minimum Gasteiger partial charge on any atom is -0.329 e. The summed E-state index contributed by atoms with van der Waals surface area (Å²) in [5.74, 6) is -0.400. The van der Waals surface area contributed by atoms with Crippen LogP contribution in [0.3, 0.4) is 0 Å². The Morgan fingerprint density at radius 1 is 0.968 bits per heavy atom. The second-order valence-electron chi connectivity index (χ2n) is 7.24. The van der Waals surface area contributed by atoms with E-state index in [1.807, 2.05) is 85.1 Å².